The summed E-state index contributed by atoms with van der Waals surface area (Å²) in [4.78, 5) is 0. The van der Waals surface area contributed by atoms with Crippen LogP contribution in [-0.2, 0) is 5.54 Å². The molecule has 0 atom stereocenters. The second-order valence-electron chi connectivity index (χ2n) is 15.7. The predicted octanol–water partition coefficient (Wildman–Crippen LogP) is 15.2. The van der Waals surface area contributed by atoms with Crippen LogP contribution in [0.1, 0.15) is 20.8 Å². The Hall–Kier alpha value is -6.70. The summed E-state index contributed by atoms with van der Waals surface area (Å²) in [7, 11) is 0. The molecule has 0 fully saturated rings. The molecule has 0 radical (unpaired) electrons. The van der Waals surface area contributed by atoms with Crippen molar-refractivity contribution in [3.63, 3.8) is 0 Å². The first-order valence-electron chi connectivity index (χ1n) is 19.3. The van der Waals surface area contributed by atoms with Crippen molar-refractivity contribution in [2.45, 2.75) is 26.3 Å². The second-order valence-corrected chi connectivity index (χ2v) is 15.7. The Kier molecular flexibility index (Phi) is 7.78. The molecule has 0 unspecified atom stereocenters. The molecular formula is C54H41N. The minimum Gasteiger partial charge on any atom is -0.335 e. The predicted molar refractivity (Wildman–Crippen MR) is 237 cm³/mol. The van der Waals surface area contributed by atoms with Crippen molar-refractivity contribution in [1.29, 1.82) is 0 Å². The van der Waals surface area contributed by atoms with Gasteiger partial charge in [0, 0.05) is 27.3 Å². The molecule has 1 aromatic heterocycles. The first-order chi connectivity index (χ1) is 26.9. The average Bonchev–Trinajstić information content (AvgIpc) is 3.58. The van der Waals surface area contributed by atoms with E-state index >= 15 is 0 Å². The molecule has 0 bridgehead atoms. The lowest BCUT2D eigenvalue weighted by Gasteiger charge is -2.24. The van der Waals surface area contributed by atoms with E-state index in [1.807, 2.05) is 0 Å². The van der Waals surface area contributed by atoms with E-state index in [-0.39, 0.29) is 5.54 Å². The van der Waals surface area contributed by atoms with Gasteiger partial charge in [0.15, 0.2) is 0 Å². The van der Waals surface area contributed by atoms with E-state index in [0.717, 1.165) is 0 Å². The monoisotopic (exact) mass is 703 g/mol. The fraction of sp³-hybridized carbons (Fsp3) is 0.0741. The standard InChI is InChI=1S/C54H41N/c1-54(2,3)55-50-20-12-11-15-44(50)49-35-43(33-34-51(49)55)40-23-21-38(22-24-40)39-27-31-42(32-28-39)53-47-18-9-7-16-45(47)52(46-17-8-10-19-48(46)53)41-29-25-37(26-30-41)36-13-5-4-6-14-36/h4-35H,1-3H3. The molecule has 1 nitrogen and oxygen atoms in total. The van der Waals surface area contributed by atoms with Crippen LogP contribution < -0.4 is 0 Å². The van der Waals surface area contributed by atoms with Crippen molar-refractivity contribution in [1.82, 2.24) is 4.57 Å². The lowest BCUT2D eigenvalue weighted by atomic mass is 9.85. The van der Waals surface area contributed by atoms with Gasteiger partial charge >= 0.3 is 0 Å². The molecule has 1 heterocycles. The molecule has 0 saturated heterocycles. The van der Waals surface area contributed by atoms with Crippen LogP contribution in [0.2, 0.25) is 0 Å². The van der Waals surface area contributed by atoms with Gasteiger partial charge in [0.05, 0.1) is 0 Å². The molecule has 262 valence electrons. The summed E-state index contributed by atoms with van der Waals surface area (Å²) >= 11 is 0. The molecule has 10 rings (SSSR count). The summed E-state index contributed by atoms with van der Waals surface area (Å²) in [5, 5.41) is 7.68. The molecule has 55 heavy (non-hydrogen) atoms. The van der Waals surface area contributed by atoms with E-state index in [0.29, 0.717) is 0 Å². The van der Waals surface area contributed by atoms with E-state index < -0.39 is 0 Å². The van der Waals surface area contributed by atoms with E-state index in [2.05, 4.69) is 219 Å². The van der Waals surface area contributed by atoms with E-state index in [1.165, 1.54) is 99.0 Å². The zero-order valence-corrected chi connectivity index (χ0v) is 31.4. The highest BCUT2D eigenvalue weighted by Crippen LogP contribution is 2.44. The van der Waals surface area contributed by atoms with Crippen molar-refractivity contribution in [2.75, 3.05) is 0 Å². The lowest BCUT2D eigenvalue weighted by molar-refractivity contribution is 0.423. The summed E-state index contributed by atoms with van der Waals surface area (Å²) < 4.78 is 2.47. The van der Waals surface area contributed by atoms with Gasteiger partial charge in [0.1, 0.15) is 0 Å². The Morgan fingerprint density at radius 1 is 0.273 bits per heavy atom. The van der Waals surface area contributed by atoms with Gasteiger partial charge in [-0.15, -0.1) is 0 Å². The number of hydrogen-bond acceptors (Lipinski definition) is 0. The smallest absolute Gasteiger partial charge is 0.0496 e. The first-order valence-corrected chi connectivity index (χ1v) is 19.3. The SMILES string of the molecule is CC(C)(C)n1c2ccccc2c2cc(-c3ccc(-c4ccc(-c5c6ccccc6c(-c6ccc(-c7ccccc7)cc6)c6ccccc56)cc4)cc3)ccc21. The maximum Gasteiger partial charge on any atom is 0.0496 e. The molecule has 1 heteroatoms. The van der Waals surface area contributed by atoms with Crippen molar-refractivity contribution in [2.24, 2.45) is 0 Å². The Morgan fingerprint density at radius 2 is 0.600 bits per heavy atom. The van der Waals surface area contributed by atoms with Gasteiger partial charge < -0.3 is 4.57 Å². The Labute approximate surface area is 322 Å². The zero-order valence-electron chi connectivity index (χ0n) is 31.4. The Bertz CT molecular complexity index is 2960. The molecule has 0 N–H and O–H groups in total. The summed E-state index contributed by atoms with van der Waals surface area (Å²) in [6.45, 7) is 6.85. The van der Waals surface area contributed by atoms with Gasteiger partial charge in [-0.25, -0.2) is 0 Å². The quantitative estimate of drug-likeness (QED) is 0.157. The molecule has 0 aliphatic rings. The van der Waals surface area contributed by atoms with Crippen LogP contribution in [0.3, 0.4) is 0 Å². The number of para-hydroxylation sites is 1. The van der Waals surface area contributed by atoms with Crippen LogP contribution in [0.15, 0.2) is 194 Å². The third kappa shape index (κ3) is 5.63. The molecule has 10 aromatic rings. The van der Waals surface area contributed by atoms with E-state index in [1.54, 1.807) is 0 Å². The highest BCUT2D eigenvalue weighted by molar-refractivity contribution is 6.21. The van der Waals surface area contributed by atoms with E-state index in [9.17, 15) is 0 Å². The van der Waals surface area contributed by atoms with Crippen molar-refractivity contribution in [3.8, 4) is 55.6 Å². The summed E-state index contributed by atoms with van der Waals surface area (Å²) in [5.41, 5.74) is 14.9. The van der Waals surface area contributed by atoms with Gasteiger partial charge in [-0.1, -0.05) is 176 Å². The number of hydrogen-bond donors (Lipinski definition) is 0. The van der Waals surface area contributed by atoms with Crippen LogP contribution in [0, 0.1) is 0 Å². The number of rotatable bonds is 5. The number of nitrogens with zero attached hydrogens (tertiary/aromatic N) is 1. The molecule has 0 aliphatic heterocycles. The Morgan fingerprint density at radius 3 is 1.05 bits per heavy atom. The van der Waals surface area contributed by atoms with Crippen LogP contribution in [-0.4, -0.2) is 4.57 Å². The summed E-state index contributed by atoms with van der Waals surface area (Å²) in [6.07, 6.45) is 0. The highest BCUT2D eigenvalue weighted by atomic mass is 15.0. The molecule has 0 saturated carbocycles. The van der Waals surface area contributed by atoms with Crippen LogP contribution >= 0.6 is 0 Å². The van der Waals surface area contributed by atoms with Gasteiger partial charge in [-0.3, -0.25) is 0 Å². The second kappa shape index (κ2) is 13.0. The van der Waals surface area contributed by atoms with E-state index in [4.69, 9.17) is 0 Å². The Balaban J connectivity index is 1.00. The fourth-order valence-electron chi connectivity index (χ4n) is 8.77. The lowest BCUT2D eigenvalue weighted by Crippen LogP contribution is -2.21. The fourth-order valence-corrected chi connectivity index (χ4v) is 8.77. The van der Waals surface area contributed by atoms with Gasteiger partial charge in [-0.2, -0.15) is 0 Å². The number of fused-ring (bicyclic) bond motifs is 5. The summed E-state index contributed by atoms with van der Waals surface area (Å²) in [5.74, 6) is 0. The van der Waals surface area contributed by atoms with Crippen LogP contribution in [0.25, 0.3) is 99.0 Å². The normalized spacial score (nSPS) is 11.9. The molecule has 0 spiro atoms. The number of benzene rings is 9. The van der Waals surface area contributed by atoms with Crippen LogP contribution in [0.4, 0.5) is 0 Å². The minimum atomic E-state index is -0.0143. The van der Waals surface area contributed by atoms with Gasteiger partial charge in [0.25, 0.3) is 0 Å². The average molecular weight is 704 g/mol. The topological polar surface area (TPSA) is 4.93 Å². The van der Waals surface area contributed by atoms with Gasteiger partial charge in [-0.05, 0) is 116 Å². The zero-order chi connectivity index (χ0) is 37.1. The van der Waals surface area contributed by atoms with Crippen LogP contribution in [0.5, 0.6) is 0 Å². The largest absolute Gasteiger partial charge is 0.335 e. The maximum absolute atomic E-state index is 2.47. The molecule has 9 aromatic carbocycles. The van der Waals surface area contributed by atoms with Crippen molar-refractivity contribution < 1.29 is 0 Å². The molecule has 0 amide bonds. The first kappa shape index (κ1) is 32.9. The van der Waals surface area contributed by atoms with Gasteiger partial charge in [0.2, 0.25) is 0 Å². The third-order valence-electron chi connectivity index (χ3n) is 11.3. The third-order valence-corrected chi connectivity index (χ3v) is 11.3. The number of aromatic nitrogens is 1. The van der Waals surface area contributed by atoms with Crippen molar-refractivity contribution in [3.05, 3.63) is 194 Å². The molecule has 0 aliphatic carbocycles. The highest BCUT2D eigenvalue weighted by Gasteiger charge is 2.21. The minimum absolute atomic E-state index is 0.0143. The van der Waals surface area contributed by atoms with Crippen molar-refractivity contribution >= 4 is 43.4 Å². The summed E-state index contributed by atoms with van der Waals surface area (Å²) in [6, 6.07) is 71.3. The maximum atomic E-state index is 2.47. The molecular weight excluding hydrogens is 663 g/mol.